The fraction of sp³-hybridized carbons (Fsp3) is 0.364. The number of sulfonamides is 1. The third kappa shape index (κ3) is 7.60. The van der Waals surface area contributed by atoms with E-state index in [-0.39, 0.29) is 12.5 Å². The van der Waals surface area contributed by atoms with Crippen LogP contribution < -0.4 is 9.62 Å². The van der Waals surface area contributed by atoms with Crippen LogP contribution in [0.1, 0.15) is 25.8 Å². The highest BCUT2D eigenvalue weighted by Gasteiger charge is 2.30. The minimum Gasteiger partial charge on any atom is -0.354 e. The van der Waals surface area contributed by atoms with E-state index in [1.165, 1.54) is 4.90 Å². The van der Waals surface area contributed by atoms with Gasteiger partial charge in [-0.3, -0.25) is 13.9 Å². The predicted octanol–water partition coefficient (Wildman–Crippen LogP) is 4.47. The van der Waals surface area contributed by atoms with Gasteiger partial charge in [-0.2, -0.15) is 0 Å². The number of carbonyl (C=O) groups is 2. The second-order valence-corrected chi connectivity index (χ2v) is 11.1. The fourth-order valence-electron chi connectivity index (χ4n) is 3.08. The topological polar surface area (TPSA) is 86.8 Å². The van der Waals surface area contributed by atoms with Crippen LogP contribution in [0.2, 0.25) is 10.0 Å². The van der Waals surface area contributed by atoms with Gasteiger partial charge in [0.1, 0.15) is 12.6 Å². The molecule has 1 atom stereocenters. The number of nitrogens with zero attached hydrogens (tertiary/aromatic N) is 2. The fourth-order valence-corrected chi connectivity index (χ4v) is 4.82. The molecule has 0 saturated heterocycles. The number of hydrogen-bond donors (Lipinski definition) is 1. The van der Waals surface area contributed by atoms with Gasteiger partial charge in [0.05, 0.1) is 11.9 Å². The zero-order valence-corrected chi connectivity index (χ0v) is 22.4. The molecule has 0 radical (unpaired) electrons. The molecule has 11 heteroatoms. The normalized spacial score (nSPS) is 12.2. The van der Waals surface area contributed by atoms with Crippen molar-refractivity contribution < 1.29 is 18.0 Å². The number of benzene rings is 2. The van der Waals surface area contributed by atoms with Gasteiger partial charge >= 0.3 is 0 Å². The highest BCUT2D eigenvalue weighted by atomic mass is 79.9. The summed E-state index contributed by atoms with van der Waals surface area (Å²) in [5.41, 5.74) is 0.789. The van der Waals surface area contributed by atoms with E-state index in [4.69, 9.17) is 23.2 Å². The van der Waals surface area contributed by atoms with Gasteiger partial charge in [0.2, 0.25) is 21.8 Å². The van der Waals surface area contributed by atoms with Crippen LogP contribution in [-0.2, 0) is 26.2 Å². The lowest BCUT2D eigenvalue weighted by Crippen LogP contribution is -2.51. The summed E-state index contributed by atoms with van der Waals surface area (Å²) in [7, 11) is -3.80. The highest BCUT2D eigenvalue weighted by molar-refractivity contribution is 9.10. The van der Waals surface area contributed by atoms with Gasteiger partial charge in [-0.1, -0.05) is 58.2 Å². The first-order valence-electron chi connectivity index (χ1n) is 10.2. The maximum atomic E-state index is 13.4. The van der Waals surface area contributed by atoms with Crippen molar-refractivity contribution in [2.45, 2.75) is 32.9 Å². The highest BCUT2D eigenvalue weighted by Crippen LogP contribution is 2.27. The van der Waals surface area contributed by atoms with Crippen molar-refractivity contribution in [2.24, 2.45) is 0 Å². The molecule has 0 heterocycles. The monoisotopic (exact) mass is 577 g/mol. The molecule has 7 nitrogen and oxygen atoms in total. The summed E-state index contributed by atoms with van der Waals surface area (Å²) in [6.45, 7) is 3.39. The van der Waals surface area contributed by atoms with E-state index in [9.17, 15) is 18.0 Å². The average molecular weight is 579 g/mol. The molecule has 2 aromatic rings. The minimum absolute atomic E-state index is 0.0614. The Bertz CT molecular complexity index is 1090. The molecule has 0 aliphatic heterocycles. The minimum atomic E-state index is -3.80. The van der Waals surface area contributed by atoms with Gasteiger partial charge in [-0.05, 0) is 43.7 Å². The number of amides is 2. The van der Waals surface area contributed by atoms with Crippen LogP contribution in [0.3, 0.4) is 0 Å². The summed E-state index contributed by atoms with van der Waals surface area (Å²) < 4.78 is 26.7. The third-order valence-electron chi connectivity index (χ3n) is 4.88. The molecule has 0 aliphatic rings. The Kier molecular flexibility index (Phi) is 10.0. The van der Waals surface area contributed by atoms with Gasteiger partial charge < -0.3 is 10.2 Å². The Morgan fingerprint density at radius 1 is 1.12 bits per heavy atom. The second kappa shape index (κ2) is 12.1. The third-order valence-corrected chi connectivity index (χ3v) is 7.22. The smallest absolute Gasteiger partial charge is 0.244 e. The Morgan fingerprint density at radius 2 is 1.73 bits per heavy atom. The molecular formula is C22H26BrCl2N3O4S. The average Bonchev–Trinajstić information content (AvgIpc) is 2.74. The van der Waals surface area contributed by atoms with Crippen LogP contribution in [0, 0.1) is 0 Å². The van der Waals surface area contributed by atoms with Crippen molar-refractivity contribution in [3.05, 3.63) is 62.5 Å². The quantitative estimate of drug-likeness (QED) is 0.451. The first-order valence-corrected chi connectivity index (χ1v) is 13.6. The molecule has 0 fully saturated rings. The van der Waals surface area contributed by atoms with Gasteiger partial charge in [0, 0.05) is 33.2 Å². The second-order valence-electron chi connectivity index (χ2n) is 7.44. The summed E-state index contributed by atoms with van der Waals surface area (Å²) in [4.78, 5) is 27.4. The molecule has 2 aromatic carbocycles. The van der Waals surface area contributed by atoms with E-state index in [2.05, 4.69) is 21.2 Å². The molecule has 2 amide bonds. The molecule has 2 rings (SSSR count). The lowest BCUT2D eigenvalue weighted by Gasteiger charge is -2.32. The van der Waals surface area contributed by atoms with Crippen molar-refractivity contribution in [1.82, 2.24) is 10.2 Å². The zero-order valence-electron chi connectivity index (χ0n) is 18.5. The molecule has 0 aliphatic carbocycles. The van der Waals surface area contributed by atoms with Crippen molar-refractivity contribution in [1.29, 1.82) is 0 Å². The Balaban J connectivity index is 2.43. The van der Waals surface area contributed by atoms with Crippen LogP contribution in [0.5, 0.6) is 0 Å². The summed E-state index contributed by atoms with van der Waals surface area (Å²) in [6.07, 6.45) is 1.75. The Labute approximate surface area is 213 Å². The van der Waals surface area contributed by atoms with Gasteiger partial charge in [-0.15, -0.1) is 0 Å². The number of nitrogens with one attached hydrogen (secondary N) is 1. The van der Waals surface area contributed by atoms with E-state index in [1.807, 2.05) is 6.92 Å². The van der Waals surface area contributed by atoms with Crippen LogP contribution in [-0.4, -0.2) is 50.5 Å². The first-order chi connectivity index (χ1) is 15.5. The molecule has 180 valence electrons. The maximum absolute atomic E-state index is 13.4. The predicted molar refractivity (Wildman–Crippen MR) is 136 cm³/mol. The van der Waals surface area contributed by atoms with Gasteiger partial charge in [-0.25, -0.2) is 8.42 Å². The summed E-state index contributed by atoms with van der Waals surface area (Å²) in [6, 6.07) is 10.7. The lowest BCUT2D eigenvalue weighted by atomic mass is 10.1. The largest absolute Gasteiger partial charge is 0.354 e. The number of rotatable bonds is 10. The van der Waals surface area contributed by atoms with Crippen molar-refractivity contribution in [3.63, 3.8) is 0 Å². The summed E-state index contributed by atoms with van der Waals surface area (Å²) in [5.74, 6) is -0.933. The SMILES string of the molecule is CCCNC(=O)[C@H](C)N(Cc1c(Cl)cccc1Cl)C(=O)CN(c1cccc(Br)c1)S(C)(=O)=O. The first kappa shape index (κ1) is 27.4. The lowest BCUT2D eigenvalue weighted by molar-refractivity contribution is -0.139. The van der Waals surface area contributed by atoms with Gasteiger partial charge in [0.25, 0.3) is 0 Å². The molecule has 0 spiro atoms. The van der Waals surface area contributed by atoms with Crippen molar-refractivity contribution >= 4 is 66.7 Å². The number of anilines is 1. The van der Waals surface area contributed by atoms with Crippen molar-refractivity contribution in [3.8, 4) is 0 Å². The standard InChI is InChI=1S/C22H26BrCl2N3O4S/c1-4-11-26-22(30)15(2)27(13-18-19(24)9-6-10-20(18)25)21(29)14-28(33(3,31)32)17-8-5-7-16(23)12-17/h5-10,12,15H,4,11,13-14H2,1-3H3,(H,26,30)/t15-/m0/s1. The van der Waals surface area contributed by atoms with E-state index in [0.717, 1.165) is 17.0 Å². The summed E-state index contributed by atoms with van der Waals surface area (Å²) in [5, 5.41) is 3.45. The Morgan fingerprint density at radius 3 is 2.27 bits per heavy atom. The van der Waals surface area contributed by atoms with Crippen LogP contribution in [0.15, 0.2) is 46.9 Å². The molecular weight excluding hydrogens is 553 g/mol. The van der Waals surface area contributed by atoms with E-state index in [0.29, 0.717) is 32.3 Å². The van der Waals surface area contributed by atoms with Crippen LogP contribution in [0.4, 0.5) is 5.69 Å². The van der Waals surface area contributed by atoms with E-state index >= 15 is 0 Å². The van der Waals surface area contributed by atoms with Crippen LogP contribution in [0.25, 0.3) is 0 Å². The zero-order chi connectivity index (χ0) is 24.8. The maximum Gasteiger partial charge on any atom is 0.244 e. The van der Waals surface area contributed by atoms with E-state index in [1.54, 1.807) is 49.4 Å². The number of halogens is 3. The number of carbonyl (C=O) groups excluding carboxylic acids is 2. The molecule has 0 aromatic heterocycles. The Hall–Kier alpha value is -1.81. The van der Waals surface area contributed by atoms with Crippen LogP contribution >= 0.6 is 39.1 Å². The molecule has 33 heavy (non-hydrogen) atoms. The molecule has 0 bridgehead atoms. The summed E-state index contributed by atoms with van der Waals surface area (Å²) >= 11 is 15.9. The van der Waals surface area contributed by atoms with Crippen molar-refractivity contribution in [2.75, 3.05) is 23.7 Å². The molecule has 0 saturated carbocycles. The molecule has 1 N–H and O–H groups in total. The van der Waals surface area contributed by atoms with Gasteiger partial charge in [0.15, 0.2) is 0 Å². The van der Waals surface area contributed by atoms with E-state index < -0.39 is 28.5 Å². The number of hydrogen-bond acceptors (Lipinski definition) is 4. The molecule has 0 unspecified atom stereocenters.